The highest BCUT2D eigenvalue weighted by atomic mass is 16.5. The molecule has 1 aromatic carbocycles. The maximum atomic E-state index is 11.6. The van der Waals surface area contributed by atoms with Crippen LogP contribution in [-0.2, 0) is 12.8 Å². The predicted octanol–water partition coefficient (Wildman–Crippen LogP) is 2.08. The summed E-state index contributed by atoms with van der Waals surface area (Å²) in [5.74, 6) is 0.310. The fourth-order valence-corrected chi connectivity index (χ4v) is 2.94. The minimum Gasteiger partial charge on any atom is -0.492 e. The average molecular weight is 263 g/mol. The minimum absolute atomic E-state index is 0.295. The smallest absolute Gasteiger partial charge is 0.339 e. The van der Waals surface area contributed by atoms with Crippen LogP contribution >= 0.6 is 0 Å². The molecule has 0 amide bonds. The summed E-state index contributed by atoms with van der Waals surface area (Å²) in [5, 5.41) is 12.7. The molecule has 0 atom stereocenters. The third kappa shape index (κ3) is 1.80. The first-order valence-corrected chi connectivity index (χ1v) is 6.62. The molecule has 5 nitrogen and oxygen atoms in total. The van der Waals surface area contributed by atoms with Crippen LogP contribution in [0.3, 0.4) is 0 Å². The van der Waals surface area contributed by atoms with Crippen molar-refractivity contribution in [2.75, 3.05) is 25.6 Å². The monoisotopic (exact) mass is 263 g/mol. The van der Waals surface area contributed by atoms with Crippen LogP contribution in [0.1, 0.15) is 34.3 Å². The van der Waals surface area contributed by atoms with Crippen LogP contribution < -0.4 is 14.8 Å². The van der Waals surface area contributed by atoms with E-state index in [0.717, 1.165) is 42.5 Å². The second-order valence-electron chi connectivity index (χ2n) is 4.82. The Hall–Kier alpha value is -1.91. The largest absolute Gasteiger partial charge is 0.492 e. The molecule has 0 unspecified atom stereocenters. The highest BCUT2D eigenvalue weighted by molar-refractivity contribution is 5.96. The first-order chi connectivity index (χ1) is 9.24. The topological polar surface area (TPSA) is 67.8 Å². The molecule has 5 heteroatoms. The SMILES string of the molecule is CNc1c2c(c(C(=O)O)c3c1OCCC3)OCCC2. The van der Waals surface area contributed by atoms with Crippen LogP contribution in [0.2, 0.25) is 0 Å². The Kier molecular flexibility index (Phi) is 2.97. The summed E-state index contributed by atoms with van der Waals surface area (Å²) in [7, 11) is 1.84. The van der Waals surface area contributed by atoms with Crippen molar-refractivity contribution in [1.29, 1.82) is 0 Å². The summed E-state index contributed by atoms with van der Waals surface area (Å²) >= 11 is 0. The van der Waals surface area contributed by atoms with Gasteiger partial charge in [-0.15, -0.1) is 0 Å². The van der Waals surface area contributed by atoms with Crippen molar-refractivity contribution >= 4 is 11.7 Å². The van der Waals surface area contributed by atoms with E-state index in [9.17, 15) is 9.90 Å². The summed E-state index contributed by atoms with van der Waals surface area (Å²) in [4.78, 5) is 11.6. The van der Waals surface area contributed by atoms with E-state index in [-0.39, 0.29) is 0 Å². The minimum atomic E-state index is -0.928. The van der Waals surface area contributed by atoms with Crippen LogP contribution in [0.15, 0.2) is 0 Å². The third-order valence-corrected chi connectivity index (χ3v) is 3.70. The maximum Gasteiger partial charge on any atom is 0.339 e. The number of nitrogens with one attached hydrogen (secondary N) is 1. The molecule has 0 aliphatic carbocycles. The zero-order valence-corrected chi connectivity index (χ0v) is 10.9. The molecule has 0 bridgehead atoms. The van der Waals surface area contributed by atoms with Crippen LogP contribution in [0.25, 0.3) is 0 Å². The zero-order valence-electron chi connectivity index (χ0n) is 10.9. The lowest BCUT2D eigenvalue weighted by Gasteiger charge is -2.29. The Morgan fingerprint density at radius 2 is 1.74 bits per heavy atom. The maximum absolute atomic E-state index is 11.6. The van der Waals surface area contributed by atoms with Crippen molar-refractivity contribution in [3.8, 4) is 11.5 Å². The molecular formula is C14H17NO4. The van der Waals surface area contributed by atoms with Crippen LogP contribution in [-0.4, -0.2) is 31.3 Å². The first kappa shape index (κ1) is 12.1. The van der Waals surface area contributed by atoms with Gasteiger partial charge in [-0.3, -0.25) is 0 Å². The predicted molar refractivity (Wildman–Crippen MR) is 70.6 cm³/mol. The van der Waals surface area contributed by atoms with E-state index in [1.54, 1.807) is 0 Å². The van der Waals surface area contributed by atoms with Gasteiger partial charge in [0.1, 0.15) is 17.1 Å². The molecule has 3 rings (SSSR count). The molecule has 2 aliphatic heterocycles. The molecule has 0 saturated heterocycles. The van der Waals surface area contributed by atoms with Gasteiger partial charge >= 0.3 is 5.97 Å². The zero-order chi connectivity index (χ0) is 13.4. The molecule has 0 fully saturated rings. The molecule has 2 N–H and O–H groups in total. The van der Waals surface area contributed by atoms with Crippen molar-refractivity contribution in [2.45, 2.75) is 25.7 Å². The molecule has 102 valence electrons. The van der Waals surface area contributed by atoms with E-state index < -0.39 is 5.97 Å². The Bertz CT molecular complexity index is 502. The van der Waals surface area contributed by atoms with Gasteiger partial charge in [0.25, 0.3) is 0 Å². The van der Waals surface area contributed by atoms with Crippen LogP contribution in [0, 0.1) is 0 Å². The van der Waals surface area contributed by atoms with Gasteiger partial charge in [-0.1, -0.05) is 0 Å². The fourth-order valence-electron chi connectivity index (χ4n) is 2.94. The molecular weight excluding hydrogens is 246 g/mol. The second kappa shape index (κ2) is 4.64. The van der Waals surface area contributed by atoms with E-state index in [1.807, 2.05) is 7.05 Å². The van der Waals surface area contributed by atoms with Gasteiger partial charge in [0, 0.05) is 18.2 Å². The summed E-state index contributed by atoms with van der Waals surface area (Å²) in [6.45, 7) is 1.22. The van der Waals surface area contributed by atoms with Gasteiger partial charge in [-0.25, -0.2) is 4.79 Å². The quantitative estimate of drug-likeness (QED) is 0.855. The third-order valence-electron chi connectivity index (χ3n) is 3.70. The van der Waals surface area contributed by atoms with E-state index in [2.05, 4.69) is 5.32 Å². The van der Waals surface area contributed by atoms with Crippen molar-refractivity contribution in [1.82, 2.24) is 0 Å². The fraction of sp³-hybridized carbons (Fsp3) is 0.500. The van der Waals surface area contributed by atoms with E-state index >= 15 is 0 Å². The van der Waals surface area contributed by atoms with Crippen molar-refractivity contribution in [2.24, 2.45) is 0 Å². The molecule has 0 aromatic heterocycles. The molecule has 0 saturated carbocycles. The number of hydrogen-bond acceptors (Lipinski definition) is 4. The number of carboxylic acid groups (broad SMARTS) is 1. The lowest BCUT2D eigenvalue weighted by atomic mass is 9.91. The molecule has 1 aromatic rings. The molecule has 2 heterocycles. The Morgan fingerprint density at radius 1 is 1.11 bits per heavy atom. The Balaban J connectivity index is 2.31. The number of aromatic carboxylic acids is 1. The second-order valence-corrected chi connectivity index (χ2v) is 4.82. The Morgan fingerprint density at radius 3 is 2.37 bits per heavy atom. The molecule has 0 radical (unpaired) electrons. The number of carbonyl (C=O) groups is 1. The molecule has 0 spiro atoms. The van der Waals surface area contributed by atoms with E-state index in [4.69, 9.17) is 9.47 Å². The van der Waals surface area contributed by atoms with Crippen LogP contribution in [0.5, 0.6) is 11.5 Å². The lowest BCUT2D eigenvalue weighted by molar-refractivity contribution is 0.0688. The standard InChI is InChI=1S/C14H17NO4/c1-15-11-9-5-3-6-18-12(9)10(14(16)17)8-4-2-7-19-13(8)11/h15H,2-7H2,1H3,(H,16,17). The van der Waals surface area contributed by atoms with E-state index in [0.29, 0.717) is 30.3 Å². The van der Waals surface area contributed by atoms with Gasteiger partial charge in [-0.2, -0.15) is 0 Å². The van der Waals surface area contributed by atoms with Gasteiger partial charge in [0.05, 0.1) is 18.9 Å². The van der Waals surface area contributed by atoms with Gasteiger partial charge in [0.2, 0.25) is 0 Å². The number of fused-ring (bicyclic) bond motifs is 2. The number of carboxylic acids is 1. The number of rotatable bonds is 2. The summed E-state index contributed by atoms with van der Waals surface area (Å²) in [6.07, 6.45) is 3.29. The molecule has 2 aliphatic rings. The van der Waals surface area contributed by atoms with Crippen molar-refractivity contribution < 1.29 is 19.4 Å². The number of benzene rings is 1. The normalized spacial score (nSPS) is 16.7. The first-order valence-electron chi connectivity index (χ1n) is 6.62. The van der Waals surface area contributed by atoms with E-state index in [1.165, 1.54) is 0 Å². The van der Waals surface area contributed by atoms with Gasteiger partial charge in [-0.05, 0) is 25.7 Å². The number of anilines is 1. The number of hydrogen-bond donors (Lipinski definition) is 2. The summed E-state index contributed by atoms with van der Waals surface area (Å²) in [5.41, 5.74) is 2.90. The number of ether oxygens (including phenoxy) is 2. The van der Waals surface area contributed by atoms with Gasteiger partial charge < -0.3 is 19.9 Å². The highest BCUT2D eigenvalue weighted by Gasteiger charge is 2.31. The lowest BCUT2D eigenvalue weighted by Crippen LogP contribution is -2.21. The molecule has 19 heavy (non-hydrogen) atoms. The summed E-state index contributed by atoms with van der Waals surface area (Å²) < 4.78 is 11.4. The van der Waals surface area contributed by atoms with Crippen molar-refractivity contribution in [3.63, 3.8) is 0 Å². The summed E-state index contributed by atoms with van der Waals surface area (Å²) in [6, 6.07) is 0. The highest BCUT2D eigenvalue weighted by Crippen LogP contribution is 2.46. The average Bonchev–Trinajstić information content (AvgIpc) is 2.44. The van der Waals surface area contributed by atoms with Gasteiger partial charge in [0.15, 0.2) is 0 Å². The van der Waals surface area contributed by atoms with Crippen LogP contribution in [0.4, 0.5) is 5.69 Å². The van der Waals surface area contributed by atoms with Crippen molar-refractivity contribution in [3.05, 3.63) is 16.7 Å². The Labute approximate surface area is 111 Å².